The Bertz CT molecular complexity index is 605. The third-order valence-corrected chi connectivity index (χ3v) is 4.56. The lowest BCUT2D eigenvalue weighted by atomic mass is 10.0. The van der Waals surface area contributed by atoms with Gasteiger partial charge in [-0.15, -0.1) is 0 Å². The number of amides is 1. The fourth-order valence-electron chi connectivity index (χ4n) is 3.08. The van der Waals surface area contributed by atoms with Crippen LogP contribution in [0.25, 0.3) is 0 Å². The van der Waals surface area contributed by atoms with Crippen LogP contribution < -0.4 is 0 Å². The number of methoxy groups -OCH3 is 1. The van der Waals surface area contributed by atoms with Crippen molar-refractivity contribution in [1.29, 1.82) is 0 Å². The van der Waals surface area contributed by atoms with Crippen LogP contribution in [0.1, 0.15) is 24.8 Å². The Kier molecular flexibility index (Phi) is 5.18. The topological polar surface area (TPSA) is 51.1 Å². The van der Waals surface area contributed by atoms with Gasteiger partial charge in [0.2, 0.25) is 6.10 Å². The smallest absolute Gasteiger partial charge is 0.266 e. The molecule has 2 aliphatic heterocycles. The number of hydrogen-bond donors (Lipinski definition) is 0. The fourth-order valence-corrected chi connectivity index (χ4v) is 3.29. The highest BCUT2D eigenvalue weighted by Gasteiger charge is 2.34. The van der Waals surface area contributed by atoms with Gasteiger partial charge in [-0.05, 0) is 30.5 Å². The summed E-state index contributed by atoms with van der Waals surface area (Å²) in [6.45, 7) is 1.40. The van der Waals surface area contributed by atoms with Crippen molar-refractivity contribution >= 4 is 23.2 Å². The molecular weight excluding hydrogens is 316 g/mol. The second-order valence-corrected chi connectivity index (χ2v) is 6.48. The number of piperidine rings is 1. The van der Waals surface area contributed by atoms with E-state index < -0.39 is 6.10 Å². The molecule has 6 heteroatoms. The van der Waals surface area contributed by atoms with Crippen LogP contribution in [-0.4, -0.2) is 48.9 Å². The van der Waals surface area contributed by atoms with Gasteiger partial charge in [-0.3, -0.25) is 4.79 Å². The average Bonchev–Trinajstić information content (AvgIpc) is 3.02. The summed E-state index contributed by atoms with van der Waals surface area (Å²) in [6, 6.07) is 7.66. The highest BCUT2D eigenvalue weighted by molar-refractivity contribution is 6.30. The maximum atomic E-state index is 12.6. The number of nitrogens with zero attached hydrogens (tertiary/aromatic N) is 2. The van der Waals surface area contributed by atoms with Crippen LogP contribution >= 0.6 is 11.6 Å². The third kappa shape index (κ3) is 4.03. The quantitative estimate of drug-likeness (QED) is 0.849. The number of halogens is 1. The predicted molar refractivity (Wildman–Crippen MR) is 88.7 cm³/mol. The van der Waals surface area contributed by atoms with Crippen LogP contribution in [0.5, 0.6) is 0 Å². The molecule has 5 nitrogen and oxygen atoms in total. The molecule has 1 amide bonds. The van der Waals surface area contributed by atoms with Crippen LogP contribution in [-0.2, 0) is 20.8 Å². The number of carbonyl (C=O) groups is 1. The number of oxime groups is 1. The standard InChI is InChI=1S/C17H21ClN2O3/c1-22-15-6-3-7-20(11-15)17(21)16-10-14(19-23-16)9-12-4-2-5-13(18)8-12/h2,4-5,8,15-16H,3,6-7,9-11H2,1H3. The van der Waals surface area contributed by atoms with E-state index in [2.05, 4.69) is 5.16 Å². The minimum absolute atomic E-state index is 0.0107. The largest absolute Gasteiger partial charge is 0.382 e. The van der Waals surface area contributed by atoms with Crippen molar-refractivity contribution in [2.24, 2.45) is 5.16 Å². The molecule has 2 atom stereocenters. The van der Waals surface area contributed by atoms with E-state index in [1.807, 2.05) is 29.2 Å². The molecule has 2 heterocycles. The Labute approximate surface area is 141 Å². The number of hydrogen-bond acceptors (Lipinski definition) is 4. The first-order chi connectivity index (χ1) is 11.2. The molecule has 0 spiro atoms. The fraction of sp³-hybridized carbons (Fsp3) is 0.529. The van der Waals surface area contributed by atoms with Crippen molar-refractivity contribution in [3.8, 4) is 0 Å². The molecule has 2 unspecified atom stereocenters. The van der Waals surface area contributed by atoms with Crippen LogP contribution in [0.4, 0.5) is 0 Å². The summed E-state index contributed by atoms with van der Waals surface area (Å²) in [4.78, 5) is 19.8. The van der Waals surface area contributed by atoms with Gasteiger partial charge in [-0.2, -0.15) is 0 Å². The molecule has 0 aromatic heterocycles. The molecule has 1 aromatic carbocycles. The Hall–Kier alpha value is -1.59. The van der Waals surface area contributed by atoms with Crippen molar-refractivity contribution in [3.05, 3.63) is 34.9 Å². The SMILES string of the molecule is COC1CCCN(C(=O)C2CC(Cc3cccc(Cl)c3)=NO2)C1. The van der Waals surface area contributed by atoms with E-state index in [-0.39, 0.29) is 12.0 Å². The predicted octanol–water partition coefficient (Wildman–Crippen LogP) is 2.66. The first-order valence-corrected chi connectivity index (χ1v) is 8.31. The van der Waals surface area contributed by atoms with Gasteiger partial charge in [0.05, 0.1) is 11.8 Å². The first kappa shape index (κ1) is 16.3. The van der Waals surface area contributed by atoms with Crippen molar-refractivity contribution in [2.45, 2.75) is 37.9 Å². The summed E-state index contributed by atoms with van der Waals surface area (Å²) in [5.74, 6) is 0.0107. The molecule has 124 valence electrons. The number of likely N-dealkylation sites (tertiary alicyclic amines) is 1. The number of rotatable bonds is 4. The van der Waals surface area contributed by atoms with Crippen molar-refractivity contribution < 1.29 is 14.4 Å². The molecule has 0 N–H and O–H groups in total. The molecule has 2 aliphatic rings. The van der Waals surface area contributed by atoms with E-state index in [1.165, 1.54) is 0 Å². The number of carbonyl (C=O) groups excluding carboxylic acids is 1. The highest BCUT2D eigenvalue weighted by atomic mass is 35.5. The molecule has 1 fully saturated rings. The first-order valence-electron chi connectivity index (χ1n) is 7.93. The van der Waals surface area contributed by atoms with E-state index in [0.717, 1.165) is 30.7 Å². The Balaban J connectivity index is 1.55. The van der Waals surface area contributed by atoms with Gasteiger partial charge in [0.1, 0.15) is 0 Å². The lowest BCUT2D eigenvalue weighted by Gasteiger charge is -2.32. The third-order valence-electron chi connectivity index (χ3n) is 4.33. The average molecular weight is 337 g/mol. The van der Waals surface area contributed by atoms with Gasteiger partial charge in [0, 0.05) is 38.1 Å². The minimum Gasteiger partial charge on any atom is -0.382 e. The maximum absolute atomic E-state index is 12.6. The van der Waals surface area contributed by atoms with E-state index in [4.69, 9.17) is 21.2 Å². The second kappa shape index (κ2) is 7.32. The molecular formula is C17H21ClN2O3. The van der Waals surface area contributed by atoms with Crippen molar-refractivity contribution in [2.75, 3.05) is 20.2 Å². The lowest BCUT2D eigenvalue weighted by Crippen LogP contribution is -2.47. The zero-order valence-corrected chi connectivity index (χ0v) is 14.0. The van der Waals surface area contributed by atoms with E-state index >= 15 is 0 Å². The van der Waals surface area contributed by atoms with Gasteiger partial charge in [-0.25, -0.2) is 0 Å². The number of ether oxygens (including phenoxy) is 1. The molecule has 0 saturated carbocycles. The summed E-state index contributed by atoms with van der Waals surface area (Å²) in [5.41, 5.74) is 1.95. The van der Waals surface area contributed by atoms with Gasteiger partial charge in [0.15, 0.2) is 0 Å². The molecule has 1 saturated heterocycles. The summed E-state index contributed by atoms with van der Waals surface area (Å²) < 4.78 is 5.37. The molecule has 1 aromatic rings. The normalized spacial score (nSPS) is 24.3. The van der Waals surface area contributed by atoms with Crippen molar-refractivity contribution in [3.63, 3.8) is 0 Å². The summed E-state index contributed by atoms with van der Waals surface area (Å²) in [5, 5.41) is 4.79. The zero-order chi connectivity index (χ0) is 16.2. The van der Waals surface area contributed by atoms with Crippen LogP contribution in [0, 0.1) is 0 Å². The summed E-state index contributed by atoms with van der Waals surface area (Å²) in [6.07, 6.45) is 2.79. The van der Waals surface area contributed by atoms with E-state index in [9.17, 15) is 4.79 Å². The highest BCUT2D eigenvalue weighted by Crippen LogP contribution is 2.21. The molecule has 0 aliphatic carbocycles. The Morgan fingerprint density at radius 2 is 2.39 bits per heavy atom. The summed E-state index contributed by atoms with van der Waals surface area (Å²) >= 11 is 5.99. The molecule has 0 radical (unpaired) electrons. The number of benzene rings is 1. The second-order valence-electron chi connectivity index (χ2n) is 6.05. The molecule has 23 heavy (non-hydrogen) atoms. The van der Waals surface area contributed by atoms with Crippen LogP contribution in [0.2, 0.25) is 5.02 Å². The minimum atomic E-state index is -0.500. The monoisotopic (exact) mass is 336 g/mol. The Morgan fingerprint density at radius 1 is 1.52 bits per heavy atom. The summed E-state index contributed by atoms with van der Waals surface area (Å²) in [7, 11) is 1.69. The zero-order valence-electron chi connectivity index (χ0n) is 13.2. The van der Waals surface area contributed by atoms with E-state index in [0.29, 0.717) is 24.4 Å². The van der Waals surface area contributed by atoms with Gasteiger partial charge < -0.3 is 14.5 Å². The lowest BCUT2D eigenvalue weighted by molar-refractivity contribution is -0.145. The maximum Gasteiger partial charge on any atom is 0.266 e. The van der Waals surface area contributed by atoms with Crippen molar-refractivity contribution in [1.82, 2.24) is 4.90 Å². The van der Waals surface area contributed by atoms with Gasteiger partial charge in [0.25, 0.3) is 5.91 Å². The van der Waals surface area contributed by atoms with Gasteiger partial charge >= 0.3 is 0 Å². The Morgan fingerprint density at radius 3 is 3.17 bits per heavy atom. The van der Waals surface area contributed by atoms with Crippen LogP contribution in [0.15, 0.2) is 29.4 Å². The van der Waals surface area contributed by atoms with E-state index in [1.54, 1.807) is 7.11 Å². The molecule has 0 bridgehead atoms. The molecule has 3 rings (SSSR count). The van der Waals surface area contributed by atoms with Gasteiger partial charge in [-0.1, -0.05) is 28.9 Å². The van der Waals surface area contributed by atoms with Crippen LogP contribution in [0.3, 0.4) is 0 Å².